The number of carbonyl (C=O) groups excluding carboxylic acids is 1. The third-order valence-corrected chi connectivity index (χ3v) is 5.02. The third kappa shape index (κ3) is 3.82. The average Bonchev–Trinajstić information content (AvgIpc) is 3.14. The van der Waals surface area contributed by atoms with Crippen LogP contribution in [0.3, 0.4) is 0 Å². The van der Waals surface area contributed by atoms with Gasteiger partial charge in [0.15, 0.2) is 0 Å². The zero-order valence-electron chi connectivity index (χ0n) is 17.0. The fourth-order valence-electron chi connectivity index (χ4n) is 3.34. The van der Waals surface area contributed by atoms with E-state index in [9.17, 15) is 9.59 Å². The highest BCUT2D eigenvalue weighted by molar-refractivity contribution is 5.93. The molecular formula is C23H22N4O3. The Morgan fingerprint density at radius 1 is 1.13 bits per heavy atom. The van der Waals surface area contributed by atoms with Gasteiger partial charge in [0.25, 0.3) is 11.5 Å². The van der Waals surface area contributed by atoms with Crippen LogP contribution in [0.2, 0.25) is 0 Å². The number of hydrogen-bond acceptors (Lipinski definition) is 4. The fourth-order valence-corrected chi connectivity index (χ4v) is 3.34. The summed E-state index contributed by atoms with van der Waals surface area (Å²) in [5, 5.41) is 8.17. The normalized spacial score (nSPS) is 10.9. The van der Waals surface area contributed by atoms with Crippen molar-refractivity contribution in [1.29, 1.82) is 0 Å². The van der Waals surface area contributed by atoms with Crippen LogP contribution < -0.4 is 15.6 Å². The van der Waals surface area contributed by atoms with Gasteiger partial charge in [-0.1, -0.05) is 12.1 Å². The van der Waals surface area contributed by atoms with E-state index in [1.807, 2.05) is 49.4 Å². The smallest absolute Gasteiger partial charge is 0.269 e. The molecule has 152 valence electrons. The largest absolute Gasteiger partial charge is 0.497 e. The number of aromatic nitrogens is 3. The summed E-state index contributed by atoms with van der Waals surface area (Å²) in [6.07, 6.45) is 0. The third-order valence-electron chi connectivity index (χ3n) is 5.02. The first-order valence-electron chi connectivity index (χ1n) is 9.54. The lowest BCUT2D eigenvalue weighted by atomic mass is 10.1. The Hall–Kier alpha value is -3.87. The minimum atomic E-state index is -0.298. The van der Waals surface area contributed by atoms with E-state index in [0.717, 1.165) is 27.8 Å². The Labute approximate surface area is 173 Å². The number of aryl methyl sites for hydroxylation is 2. The topological polar surface area (TPSA) is 89.0 Å². The van der Waals surface area contributed by atoms with Crippen LogP contribution in [0.15, 0.2) is 59.4 Å². The van der Waals surface area contributed by atoms with Gasteiger partial charge in [-0.3, -0.25) is 14.3 Å². The van der Waals surface area contributed by atoms with Crippen molar-refractivity contribution in [3.8, 4) is 17.0 Å². The van der Waals surface area contributed by atoms with Gasteiger partial charge < -0.3 is 15.0 Å². The van der Waals surface area contributed by atoms with Gasteiger partial charge in [0.2, 0.25) is 0 Å². The monoisotopic (exact) mass is 402 g/mol. The molecule has 0 fully saturated rings. The summed E-state index contributed by atoms with van der Waals surface area (Å²) < 4.78 is 6.70. The Bertz CT molecular complexity index is 1290. The van der Waals surface area contributed by atoms with Crippen molar-refractivity contribution >= 4 is 16.8 Å². The maximum atomic E-state index is 12.7. The second-order valence-corrected chi connectivity index (χ2v) is 7.16. The summed E-state index contributed by atoms with van der Waals surface area (Å²) in [4.78, 5) is 27.9. The number of hydrogen-bond donors (Lipinski definition) is 2. The first kappa shape index (κ1) is 19.4. The van der Waals surface area contributed by atoms with Crippen molar-refractivity contribution in [3.05, 3.63) is 81.8 Å². The Balaban J connectivity index is 1.52. The van der Waals surface area contributed by atoms with Crippen molar-refractivity contribution in [3.63, 3.8) is 0 Å². The molecule has 2 aromatic heterocycles. The highest BCUT2D eigenvalue weighted by Gasteiger charge is 2.15. The van der Waals surface area contributed by atoms with Crippen LogP contribution in [0.4, 0.5) is 0 Å². The van der Waals surface area contributed by atoms with Crippen LogP contribution in [-0.2, 0) is 13.6 Å². The van der Waals surface area contributed by atoms with E-state index in [1.165, 1.54) is 4.68 Å². The lowest BCUT2D eigenvalue weighted by Crippen LogP contribution is -2.28. The van der Waals surface area contributed by atoms with Crippen molar-refractivity contribution in [2.75, 3.05) is 7.11 Å². The number of amides is 1. The van der Waals surface area contributed by atoms with Crippen molar-refractivity contribution in [2.24, 2.45) is 7.05 Å². The number of fused-ring (bicyclic) bond motifs is 1. The quantitative estimate of drug-likeness (QED) is 0.537. The number of H-pyrrole nitrogens is 1. The van der Waals surface area contributed by atoms with Gasteiger partial charge in [0, 0.05) is 30.2 Å². The predicted molar refractivity (Wildman–Crippen MR) is 116 cm³/mol. The lowest BCUT2D eigenvalue weighted by molar-refractivity contribution is 0.0941. The van der Waals surface area contributed by atoms with E-state index in [1.54, 1.807) is 26.3 Å². The molecule has 0 saturated heterocycles. The minimum Gasteiger partial charge on any atom is -0.497 e. The molecule has 7 nitrogen and oxygen atoms in total. The highest BCUT2D eigenvalue weighted by Crippen LogP contribution is 2.22. The molecule has 1 amide bonds. The number of benzene rings is 2. The van der Waals surface area contributed by atoms with Crippen LogP contribution in [0, 0.1) is 6.92 Å². The second kappa shape index (κ2) is 7.87. The second-order valence-electron chi connectivity index (χ2n) is 7.16. The fraction of sp³-hybridized carbons (Fsp3) is 0.174. The van der Waals surface area contributed by atoms with E-state index in [-0.39, 0.29) is 18.0 Å². The molecule has 0 aliphatic rings. The van der Waals surface area contributed by atoms with Crippen LogP contribution in [0.25, 0.3) is 22.2 Å². The molecule has 2 aromatic carbocycles. The Kier molecular flexibility index (Phi) is 5.10. The maximum absolute atomic E-state index is 12.7. The van der Waals surface area contributed by atoms with Crippen LogP contribution in [0.1, 0.15) is 21.6 Å². The van der Waals surface area contributed by atoms with Crippen LogP contribution >= 0.6 is 0 Å². The van der Waals surface area contributed by atoms with E-state index in [4.69, 9.17) is 4.74 Å². The number of nitrogens with one attached hydrogen (secondary N) is 2. The van der Waals surface area contributed by atoms with Gasteiger partial charge >= 0.3 is 0 Å². The van der Waals surface area contributed by atoms with Gasteiger partial charge in [-0.2, -0.15) is 5.10 Å². The number of nitrogens with zero attached hydrogens (tertiary/aromatic N) is 2. The number of ether oxygens (including phenoxy) is 1. The number of carbonyl (C=O) groups is 1. The SMILES string of the molecule is COc1ccc(-c2cc(C(=O)NCc3cc4ccc(C)cc4[nH]c3=O)n(C)n2)cc1. The Morgan fingerprint density at radius 2 is 1.90 bits per heavy atom. The summed E-state index contributed by atoms with van der Waals surface area (Å²) in [6.45, 7) is 2.10. The molecule has 30 heavy (non-hydrogen) atoms. The van der Waals surface area contributed by atoms with Crippen LogP contribution in [-0.4, -0.2) is 27.8 Å². The number of aromatic amines is 1. The summed E-state index contributed by atoms with van der Waals surface area (Å²) >= 11 is 0. The summed E-state index contributed by atoms with van der Waals surface area (Å²) in [5.41, 5.74) is 4.12. The van der Waals surface area contributed by atoms with Crippen molar-refractivity contribution in [1.82, 2.24) is 20.1 Å². The first-order chi connectivity index (χ1) is 14.4. The Morgan fingerprint density at radius 3 is 2.63 bits per heavy atom. The van der Waals surface area contributed by atoms with Crippen molar-refractivity contribution < 1.29 is 9.53 Å². The van der Waals surface area contributed by atoms with Gasteiger partial charge in [-0.05, 0) is 60.3 Å². The van der Waals surface area contributed by atoms with E-state index in [0.29, 0.717) is 17.0 Å². The molecule has 0 aliphatic heterocycles. The molecular weight excluding hydrogens is 380 g/mol. The molecule has 7 heteroatoms. The molecule has 0 radical (unpaired) electrons. The molecule has 0 atom stereocenters. The number of methoxy groups -OCH3 is 1. The van der Waals surface area contributed by atoms with Gasteiger partial charge in [-0.15, -0.1) is 0 Å². The number of pyridine rings is 1. The minimum absolute atomic E-state index is 0.126. The molecule has 0 spiro atoms. The molecule has 0 unspecified atom stereocenters. The van der Waals surface area contributed by atoms with Gasteiger partial charge in [0.1, 0.15) is 11.4 Å². The highest BCUT2D eigenvalue weighted by atomic mass is 16.5. The van der Waals surface area contributed by atoms with E-state index >= 15 is 0 Å². The van der Waals surface area contributed by atoms with Crippen LogP contribution in [0.5, 0.6) is 5.75 Å². The molecule has 0 saturated carbocycles. The zero-order chi connectivity index (χ0) is 21.3. The molecule has 0 bridgehead atoms. The predicted octanol–water partition coefficient (Wildman–Crippen LogP) is 3.18. The summed E-state index contributed by atoms with van der Waals surface area (Å²) in [6, 6.07) is 16.9. The molecule has 4 aromatic rings. The standard InChI is InChI=1S/C23H22N4O3/c1-14-4-5-16-11-17(22(28)25-19(16)10-14)13-24-23(29)21-12-20(26-27(21)2)15-6-8-18(30-3)9-7-15/h4-12H,13H2,1-3H3,(H,24,29)(H,25,28). The summed E-state index contributed by atoms with van der Waals surface area (Å²) in [5.74, 6) is 0.455. The maximum Gasteiger partial charge on any atom is 0.269 e. The van der Waals surface area contributed by atoms with E-state index in [2.05, 4.69) is 15.4 Å². The molecule has 2 heterocycles. The number of rotatable bonds is 5. The average molecular weight is 402 g/mol. The van der Waals surface area contributed by atoms with E-state index < -0.39 is 0 Å². The first-order valence-corrected chi connectivity index (χ1v) is 9.54. The van der Waals surface area contributed by atoms with Gasteiger partial charge in [0.05, 0.1) is 12.8 Å². The zero-order valence-corrected chi connectivity index (χ0v) is 17.0. The lowest BCUT2D eigenvalue weighted by Gasteiger charge is -2.07. The summed E-state index contributed by atoms with van der Waals surface area (Å²) in [7, 11) is 3.33. The molecule has 0 aliphatic carbocycles. The van der Waals surface area contributed by atoms with Gasteiger partial charge in [-0.25, -0.2) is 0 Å². The molecule has 4 rings (SSSR count). The molecule has 2 N–H and O–H groups in total. The van der Waals surface area contributed by atoms with Crippen molar-refractivity contribution in [2.45, 2.75) is 13.5 Å².